The number of aliphatic hydroxyl groups excluding tert-OH is 4. The van der Waals surface area contributed by atoms with E-state index in [1.165, 1.54) is 0 Å². The van der Waals surface area contributed by atoms with Gasteiger partial charge in [-0.3, -0.25) is 4.79 Å². The van der Waals surface area contributed by atoms with Gasteiger partial charge in [-0.05, 0) is 32.3 Å². The molecule has 164 valence electrons. The Morgan fingerprint density at radius 2 is 1.83 bits per heavy atom. The molecule has 0 bridgehead atoms. The van der Waals surface area contributed by atoms with Gasteiger partial charge >= 0.3 is 5.97 Å². The van der Waals surface area contributed by atoms with Gasteiger partial charge in [-0.1, -0.05) is 12.2 Å². The lowest BCUT2D eigenvalue weighted by Crippen LogP contribution is -2.59. The summed E-state index contributed by atoms with van der Waals surface area (Å²) < 4.78 is 16.6. The third-order valence-corrected chi connectivity index (χ3v) is 6.64. The highest BCUT2D eigenvalue weighted by Gasteiger charge is 2.53. The molecule has 0 radical (unpaired) electrons. The van der Waals surface area contributed by atoms with E-state index in [-0.39, 0.29) is 17.5 Å². The number of carbonyl (C=O) groups is 2. The summed E-state index contributed by atoms with van der Waals surface area (Å²) in [6.07, 6.45) is -6.69. The van der Waals surface area contributed by atoms with Crippen LogP contribution in [0.15, 0.2) is 34.6 Å². The van der Waals surface area contributed by atoms with E-state index in [0.29, 0.717) is 29.6 Å². The Bertz CT molecular complexity index is 855. The molecule has 4 rings (SSSR count). The first-order chi connectivity index (χ1) is 14.2. The minimum Gasteiger partial charge on any atom is -0.458 e. The zero-order chi connectivity index (χ0) is 21.9. The van der Waals surface area contributed by atoms with Gasteiger partial charge in [0, 0.05) is 17.1 Å². The molecule has 0 aromatic carbocycles. The van der Waals surface area contributed by atoms with Gasteiger partial charge in [-0.25, -0.2) is 4.79 Å². The third-order valence-electron chi connectivity index (χ3n) is 6.64. The van der Waals surface area contributed by atoms with Crippen LogP contribution in [0.3, 0.4) is 0 Å². The molecule has 8 atom stereocenters. The van der Waals surface area contributed by atoms with E-state index in [9.17, 15) is 30.0 Å². The number of allylic oxidation sites excluding steroid dienone is 2. The molecular formula is C21H26O9. The van der Waals surface area contributed by atoms with E-state index in [1.807, 2.05) is 6.92 Å². The fraction of sp³-hybridized carbons (Fsp3) is 0.619. The maximum atomic E-state index is 13.2. The van der Waals surface area contributed by atoms with Crippen molar-refractivity contribution >= 4 is 11.8 Å². The molecule has 2 aliphatic carbocycles. The van der Waals surface area contributed by atoms with Crippen LogP contribution >= 0.6 is 0 Å². The van der Waals surface area contributed by atoms with Crippen molar-refractivity contribution in [3.63, 3.8) is 0 Å². The van der Waals surface area contributed by atoms with Gasteiger partial charge in [-0.15, -0.1) is 0 Å². The fourth-order valence-corrected chi connectivity index (χ4v) is 4.87. The van der Waals surface area contributed by atoms with E-state index in [0.717, 1.165) is 5.57 Å². The van der Waals surface area contributed by atoms with Crippen LogP contribution in [-0.2, 0) is 23.8 Å². The summed E-state index contributed by atoms with van der Waals surface area (Å²) in [5.41, 5.74) is 2.31. The number of hydrogen-bond donors (Lipinski definition) is 4. The number of ketones is 1. The predicted molar refractivity (Wildman–Crippen MR) is 100 cm³/mol. The number of rotatable bonds is 3. The average Bonchev–Trinajstić information content (AvgIpc) is 3.06. The Kier molecular flexibility index (Phi) is 5.36. The van der Waals surface area contributed by atoms with Crippen LogP contribution in [0.25, 0.3) is 0 Å². The molecule has 9 nitrogen and oxygen atoms in total. The lowest BCUT2D eigenvalue weighted by atomic mass is 9.83. The van der Waals surface area contributed by atoms with E-state index >= 15 is 0 Å². The molecule has 4 N–H and O–H groups in total. The van der Waals surface area contributed by atoms with Gasteiger partial charge in [-0.2, -0.15) is 0 Å². The Morgan fingerprint density at radius 3 is 2.50 bits per heavy atom. The van der Waals surface area contributed by atoms with Crippen LogP contribution < -0.4 is 0 Å². The molecule has 2 saturated heterocycles. The van der Waals surface area contributed by atoms with Crippen molar-refractivity contribution in [3.8, 4) is 0 Å². The van der Waals surface area contributed by atoms with E-state index in [4.69, 9.17) is 14.2 Å². The van der Waals surface area contributed by atoms with Gasteiger partial charge < -0.3 is 34.6 Å². The Hall–Kier alpha value is -2.04. The van der Waals surface area contributed by atoms with Gasteiger partial charge in [0.1, 0.15) is 30.5 Å². The van der Waals surface area contributed by atoms with Crippen molar-refractivity contribution in [2.24, 2.45) is 11.8 Å². The Morgan fingerprint density at radius 1 is 1.13 bits per heavy atom. The van der Waals surface area contributed by atoms with Crippen molar-refractivity contribution in [1.29, 1.82) is 0 Å². The second-order valence-electron chi connectivity index (χ2n) is 8.37. The molecule has 0 aromatic heterocycles. The number of carbonyl (C=O) groups excluding carboxylic acids is 2. The molecular weight excluding hydrogens is 396 g/mol. The molecule has 0 saturated carbocycles. The number of Topliss-reactive ketones (excluding diaryl/α,β-unsaturated/α-hetero) is 1. The largest absolute Gasteiger partial charge is 0.458 e. The quantitative estimate of drug-likeness (QED) is 0.349. The van der Waals surface area contributed by atoms with Crippen molar-refractivity contribution in [2.75, 3.05) is 6.61 Å². The minimum absolute atomic E-state index is 0.0482. The average molecular weight is 422 g/mol. The highest BCUT2D eigenvalue weighted by atomic mass is 16.7. The highest BCUT2D eigenvalue weighted by Crippen LogP contribution is 2.49. The summed E-state index contributed by atoms with van der Waals surface area (Å²) in [4.78, 5) is 25.3. The van der Waals surface area contributed by atoms with E-state index < -0.39 is 55.3 Å². The summed E-state index contributed by atoms with van der Waals surface area (Å²) >= 11 is 0. The molecule has 0 spiro atoms. The maximum absolute atomic E-state index is 13.2. The Balaban J connectivity index is 1.67. The zero-order valence-electron chi connectivity index (χ0n) is 16.8. The SMILES string of the molecule is C=C1C(=O)O[C@@H]2[C@H]3C(C)=C(O[C@H]4O[C@@H](CO)[C@H](O)[C@@H](O)[C@@H]4O)C(=O)C3=C(C)CC[C@@H]12. The number of fused-ring (bicyclic) bond motifs is 3. The topological polar surface area (TPSA) is 143 Å². The molecule has 9 heteroatoms. The summed E-state index contributed by atoms with van der Waals surface area (Å²) in [6.45, 7) is 6.79. The smallest absolute Gasteiger partial charge is 0.334 e. The first kappa shape index (κ1) is 21.2. The second-order valence-corrected chi connectivity index (χ2v) is 8.37. The van der Waals surface area contributed by atoms with Crippen LogP contribution in [0.1, 0.15) is 26.7 Å². The first-order valence-corrected chi connectivity index (χ1v) is 9.99. The van der Waals surface area contributed by atoms with Crippen molar-refractivity contribution < 1.29 is 44.2 Å². The fourth-order valence-electron chi connectivity index (χ4n) is 4.87. The summed E-state index contributed by atoms with van der Waals surface area (Å²) in [6, 6.07) is 0. The lowest BCUT2D eigenvalue weighted by Gasteiger charge is -2.39. The molecule has 30 heavy (non-hydrogen) atoms. The van der Waals surface area contributed by atoms with Gasteiger partial charge in [0.25, 0.3) is 0 Å². The molecule has 2 aliphatic heterocycles. The highest BCUT2D eigenvalue weighted by molar-refractivity contribution is 6.12. The van der Waals surface area contributed by atoms with Crippen LogP contribution in [0.5, 0.6) is 0 Å². The number of hydrogen-bond acceptors (Lipinski definition) is 9. The summed E-state index contributed by atoms with van der Waals surface area (Å²) in [7, 11) is 0. The van der Waals surface area contributed by atoms with Crippen LogP contribution in [0.2, 0.25) is 0 Å². The predicted octanol–water partition coefficient (Wildman–Crippen LogP) is -0.516. The second kappa shape index (κ2) is 7.58. The zero-order valence-corrected chi connectivity index (χ0v) is 16.8. The summed E-state index contributed by atoms with van der Waals surface area (Å²) in [5.74, 6) is -1.60. The third kappa shape index (κ3) is 3.04. The lowest BCUT2D eigenvalue weighted by molar-refractivity contribution is -0.290. The molecule has 4 aliphatic rings. The van der Waals surface area contributed by atoms with Crippen molar-refractivity contribution in [1.82, 2.24) is 0 Å². The normalized spacial score (nSPS) is 41.6. The molecule has 2 heterocycles. The molecule has 0 amide bonds. The number of aliphatic hydroxyl groups is 4. The standard InChI is InChI=1S/C21H26O9/c1-7-4-5-10-8(2)20(27)29-19(10)13-9(3)18(15(24)12(7)13)30-21-17(26)16(25)14(23)11(6-22)28-21/h10-11,13-14,16-17,19,21-23,25-26H,2,4-6H2,1,3H3/t10-,11-,13-,14-,16+,17-,19-,21+/m0/s1. The molecule has 2 fully saturated rings. The van der Waals surface area contributed by atoms with E-state index in [1.54, 1.807) is 6.92 Å². The Labute approximate surface area is 173 Å². The van der Waals surface area contributed by atoms with Gasteiger partial charge in [0.05, 0.1) is 12.5 Å². The molecule has 0 aromatic rings. The maximum Gasteiger partial charge on any atom is 0.334 e. The number of esters is 1. The van der Waals surface area contributed by atoms with Crippen molar-refractivity contribution in [2.45, 2.75) is 63.5 Å². The summed E-state index contributed by atoms with van der Waals surface area (Å²) in [5, 5.41) is 39.5. The van der Waals surface area contributed by atoms with Crippen LogP contribution in [0, 0.1) is 11.8 Å². The molecule has 0 unspecified atom stereocenters. The minimum atomic E-state index is -1.63. The number of ether oxygens (including phenoxy) is 3. The van der Waals surface area contributed by atoms with Gasteiger partial charge in [0.2, 0.25) is 12.1 Å². The van der Waals surface area contributed by atoms with E-state index in [2.05, 4.69) is 6.58 Å². The van der Waals surface area contributed by atoms with Crippen molar-refractivity contribution in [3.05, 3.63) is 34.6 Å². The first-order valence-electron chi connectivity index (χ1n) is 9.99. The van der Waals surface area contributed by atoms with Crippen LogP contribution in [-0.4, -0.2) is 75.6 Å². The monoisotopic (exact) mass is 422 g/mol. The van der Waals surface area contributed by atoms with Crippen LogP contribution in [0.4, 0.5) is 0 Å². The van der Waals surface area contributed by atoms with Gasteiger partial charge in [0.15, 0.2) is 5.76 Å².